The van der Waals surface area contributed by atoms with E-state index in [4.69, 9.17) is 20.3 Å². The van der Waals surface area contributed by atoms with Crippen molar-refractivity contribution >= 4 is 0 Å². The van der Waals surface area contributed by atoms with E-state index in [2.05, 4.69) is 18.3 Å². The largest absolute Gasteiger partial charge is 0.490 e. The Bertz CT molecular complexity index is 434. The fraction of sp³-hybridized carbons (Fsp3) is 0.647. The number of aliphatic hydroxyl groups excluding tert-OH is 1. The molecular formula is C17H28N2O3. The van der Waals surface area contributed by atoms with Crippen LogP contribution < -0.4 is 15.8 Å². The number of aliphatic hydroxyl groups is 1. The number of ether oxygens (including phenoxy) is 2. The Morgan fingerprint density at radius 1 is 1.36 bits per heavy atom. The highest BCUT2D eigenvalue weighted by Gasteiger charge is 2.23. The number of hydrogen-bond donors (Lipinski definition) is 3. The Morgan fingerprint density at radius 2 is 2.18 bits per heavy atom. The van der Waals surface area contributed by atoms with Crippen LogP contribution in [-0.4, -0.2) is 37.1 Å². The molecule has 1 fully saturated rings. The molecule has 1 aromatic rings. The van der Waals surface area contributed by atoms with E-state index >= 15 is 0 Å². The maximum absolute atomic E-state index is 8.81. The Balaban J connectivity index is 1.90. The molecule has 3 unspecified atom stereocenters. The minimum atomic E-state index is -0.0882. The Kier molecular flexibility index (Phi) is 7.12. The highest BCUT2D eigenvalue weighted by Crippen LogP contribution is 2.29. The highest BCUT2D eigenvalue weighted by atomic mass is 16.5. The predicted molar refractivity (Wildman–Crippen MR) is 86.8 cm³/mol. The van der Waals surface area contributed by atoms with E-state index in [9.17, 15) is 0 Å². The van der Waals surface area contributed by atoms with Gasteiger partial charge in [0.25, 0.3) is 0 Å². The summed E-state index contributed by atoms with van der Waals surface area (Å²) in [7, 11) is 0. The third-order valence-corrected chi connectivity index (χ3v) is 3.91. The van der Waals surface area contributed by atoms with Crippen LogP contribution in [0.4, 0.5) is 0 Å². The monoisotopic (exact) mass is 308 g/mol. The molecule has 0 saturated carbocycles. The molecule has 22 heavy (non-hydrogen) atoms. The van der Waals surface area contributed by atoms with Gasteiger partial charge in [0.15, 0.2) is 0 Å². The molecule has 1 aromatic carbocycles. The first-order valence-electron chi connectivity index (χ1n) is 8.17. The van der Waals surface area contributed by atoms with Crippen LogP contribution in [0.2, 0.25) is 0 Å². The van der Waals surface area contributed by atoms with E-state index in [0.717, 1.165) is 37.0 Å². The zero-order valence-corrected chi connectivity index (χ0v) is 13.3. The van der Waals surface area contributed by atoms with Crippen LogP contribution in [0.5, 0.6) is 5.75 Å². The quantitative estimate of drug-likeness (QED) is 0.640. The average molecular weight is 308 g/mol. The molecule has 4 N–H and O–H groups in total. The van der Waals surface area contributed by atoms with Crippen LogP contribution in [0.15, 0.2) is 24.3 Å². The summed E-state index contributed by atoms with van der Waals surface area (Å²) in [5, 5.41) is 12.0. The third-order valence-electron chi connectivity index (χ3n) is 3.91. The van der Waals surface area contributed by atoms with Crippen molar-refractivity contribution in [3.63, 3.8) is 0 Å². The summed E-state index contributed by atoms with van der Waals surface area (Å²) in [5.74, 6) is 0.888. The van der Waals surface area contributed by atoms with Crippen molar-refractivity contribution in [2.24, 2.45) is 5.73 Å². The van der Waals surface area contributed by atoms with Crippen LogP contribution in [0.3, 0.4) is 0 Å². The number of para-hydroxylation sites is 1. The Labute approximate surface area is 132 Å². The number of morpholine rings is 1. The smallest absolute Gasteiger partial charge is 0.125 e. The second kappa shape index (κ2) is 9.10. The molecule has 124 valence electrons. The van der Waals surface area contributed by atoms with Gasteiger partial charge in [-0.25, -0.2) is 0 Å². The molecule has 0 radical (unpaired) electrons. The van der Waals surface area contributed by atoms with Crippen molar-refractivity contribution in [2.45, 2.75) is 51.0 Å². The van der Waals surface area contributed by atoms with Gasteiger partial charge in [0.2, 0.25) is 0 Å². The van der Waals surface area contributed by atoms with Gasteiger partial charge >= 0.3 is 0 Å². The number of nitrogens with one attached hydrogen (secondary N) is 1. The van der Waals surface area contributed by atoms with Crippen molar-refractivity contribution in [2.75, 3.05) is 19.8 Å². The summed E-state index contributed by atoms with van der Waals surface area (Å²) in [6, 6.07) is 8.04. The molecule has 5 heteroatoms. The minimum Gasteiger partial charge on any atom is -0.490 e. The summed E-state index contributed by atoms with van der Waals surface area (Å²) >= 11 is 0. The lowest BCUT2D eigenvalue weighted by Gasteiger charge is -2.30. The average Bonchev–Trinajstić information content (AvgIpc) is 2.53. The molecule has 0 spiro atoms. The summed E-state index contributed by atoms with van der Waals surface area (Å²) in [5.41, 5.74) is 6.86. The van der Waals surface area contributed by atoms with E-state index in [0.29, 0.717) is 13.2 Å². The van der Waals surface area contributed by atoms with Gasteiger partial charge in [-0.2, -0.15) is 0 Å². The zero-order valence-electron chi connectivity index (χ0n) is 13.3. The molecule has 0 bridgehead atoms. The van der Waals surface area contributed by atoms with Crippen LogP contribution in [0.25, 0.3) is 0 Å². The molecule has 0 aromatic heterocycles. The predicted octanol–water partition coefficient (Wildman–Crippen LogP) is 1.95. The molecule has 0 aliphatic carbocycles. The van der Waals surface area contributed by atoms with Gasteiger partial charge in [-0.1, -0.05) is 24.6 Å². The van der Waals surface area contributed by atoms with Crippen LogP contribution in [0.1, 0.15) is 44.3 Å². The Hall–Kier alpha value is -1.14. The van der Waals surface area contributed by atoms with Crippen molar-refractivity contribution < 1.29 is 14.6 Å². The van der Waals surface area contributed by atoms with Gasteiger partial charge in [-0.3, -0.25) is 5.32 Å². The summed E-state index contributed by atoms with van der Waals surface area (Å²) in [6.45, 7) is 3.57. The normalized spacial score (nSPS) is 23.2. The number of rotatable bonds is 8. The molecule has 1 heterocycles. The molecule has 5 nitrogen and oxygen atoms in total. The fourth-order valence-electron chi connectivity index (χ4n) is 2.65. The molecular weight excluding hydrogens is 280 g/mol. The molecule has 0 amide bonds. The van der Waals surface area contributed by atoms with Crippen LogP contribution in [-0.2, 0) is 4.74 Å². The summed E-state index contributed by atoms with van der Waals surface area (Å²) < 4.78 is 11.9. The second-order valence-corrected chi connectivity index (χ2v) is 5.88. The van der Waals surface area contributed by atoms with Gasteiger partial charge in [-0.05, 0) is 32.3 Å². The first-order chi connectivity index (χ1) is 10.7. The first kappa shape index (κ1) is 17.2. The van der Waals surface area contributed by atoms with Crippen molar-refractivity contribution in [3.8, 4) is 5.75 Å². The molecule has 3 atom stereocenters. The van der Waals surface area contributed by atoms with E-state index in [1.165, 1.54) is 0 Å². The lowest BCUT2D eigenvalue weighted by Crippen LogP contribution is -2.48. The molecule has 2 rings (SSSR count). The van der Waals surface area contributed by atoms with Gasteiger partial charge in [0.05, 0.1) is 25.0 Å². The van der Waals surface area contributed by atoms with Gasteiger partial charge in [0, 0.05) is 18.7 Å². The molecule has 1 aliphatic rings. The van der Waals surface area contributed by atoms with Crippen LogP contribution >= 0.6 is 0 Å². The topological polar surface area (TPSA) is 76.7 Å². The molecule has 1 saturated heterocycles. The maximum atomic E-state index is 8.81. The number of hydrogen-bond acceptors (Lipinski definition) is 5. The second-order valence-electron chi connectivity index (χ2n) is 5.88. The van der Waals surface area contributed by atoms with E-state index in [1.807, 2.05) is 18.2 Å². The minimum absolute atomic E-state index is 0.0161. The molecule has 1 aliphatic heterocycles. The van der Waals surface area contributed by atoms with Gasteiger partial charge in [-0.15, -0.1) is 0 Å². The maximum Gasteiger partial charge on any atom is 0.125 e. The van der Waals surface area contributed by atoms with Crippen LogP contribution in [0, 0.1) is 0 Å². The van der Waals surface area contributed by atoms with Crippen molar-refractivity contribution in [1.29, 1.82) is 0 Å². The van der Waals surface area contributed by atoms with E-state index in [1.54, 1.807) is 0 Å². The summed E-state index contributed by atoms with van der Waals surface area (Å²) in [6.07, 6.45) is 4.01. The van der Waals surface area contributed by atoms with E-state index < -0.39 is 0 Å². The lowest BCUT2D eigenvalue weighted by atomic mass is 10.1. The van der Waals surface area contributed by atoms with Gasteiger partial charge < -0.3 is 20.3 Å². The zero-order chi connectivity index (χ0) is 15.8. The fourth-order valence-corrected chi connectivity index (χ4v) is 2.65. The highest BCUT2D eigenvalue weighted by molar-refractivity contribution is 5.35. The standard InChI is InChI=1S/C17H28N2O3/c1-13(7-3-2-6-10-20)22-15-9-5-4-8-14(15)16-11-19-17(18)12-21-16/h4-5,8-9,13,16-17,19-20H,2-3,6-7,10-12,18H2,1H3. The summed E-state index contributed by atoms with van der Waals surface area (Å²) in [4.78, 5) is 0. The van der Waals surface area contributed by atoms with E-state index in [-0.39, 0.29) is 25.0 Å². The first-order valence-corrected chi connectivity index (χ1v) is 8.17. The SMILES string of the molecule is CC(CCCCCO)Oc1ccccc1C1CNC(N)CO1. The van der Waals surface area contributed by atoms with Crippen molar-refractivity contribution in [3.05, 3.63) is 29.8 Å². The lowest BCUT2D eigenvalue weighted by molar-refractivity contribution is 0.00223. The third kappa shape index (κ3) is 5.25. The number of nitrogens with two attached hydrogens (primary N) is 1. The number of unbranched alkanes of at least 4 members (excludes halogenated alkanes) is 2. The Morgan fingerprint density at radius 3 is 2.91 bits per heavy atom. The number of benzene rings is 1. The van der Waals surface area contributed by atoms with Gasteiger partial charge in [0.1, 0.15) is 5.75 Å². The van der Waals surface area contributed by atoms with Crippen molar-refractivity contribution in [1.82, 2.24) is 5.32 Å².